The predicted molar refractivity (Wildman–Crippen MR) is 72.3 cm³/mol. The van der Waals surface area contributed by atoms with Crippen molar-refractivity contribution in [2.75, 3.05) is 5.32 Å². The average Bonchev–Trinajstić information content (AvgIpc) is 3.08. The van der Waals surface area contributed by atoms with E-state index in [-0.39, 0.29) is 0 Å². The maximum atomic E-state index is 4.71. The number of anilines is 1. The fourth-order valence-electron chi connectivity index (χ4n) is 2.42. The summed E-state index contributed by atoms with van der Waals surface area (Å²) in [5.41, 5.74) is 2.32. The lowest BCUT2D eigenvalue weighted by Crippen LogP contribution is -2.07. The van der Waals surface area contributed by atoms with Gasteiger partial charge < -0.3 is 5.32 Å². The number of para-hydroxylation sites is 1. The minimum absolute atomic E-state index is 0.646. The predicted octanol–water partition coefficient (Wildman–Crippen LogP) is 3.75. The zero-order valence-corrected chi connectivity index (χ0v) is 10.4. The number of rotatable bonds is 3. The lowest BCUT2D eigenvalue weighted by molar-refractivity contribution is 0.773. The number of hydrogen-bond acceptors (Lipinski definition) is 2. The molecule has 2 heteroatoms. The summed E-state index contributed by atoms with van der Waals surface area (Å²) in [7, 11) is 0. The third-order valence-electron chi connectivity index (χ3n) is 3.68. The fourth-order valence-corrected chi connectivity index (χ4v) is 2.42. The Bertz CT molecular complexity index is 548. The Morgan fingerprint density at radius 1 is 1.35 bits per heavy atom. The van der Waals surface area contributed by atoms with Gasteiger partial charge in [0, 0.05) is 11.4 Å². The van der Waals surface area contributed by atoms with Gasteiger partial charge in [0.25, 0.3) is 0 Å². The van der Waals surface area contributed by atoms with Gasteiger partial charge in [-0.1, -0.05) is 31.5 Å². The highest BCUT2D eigenvalue weighted by Crippen LogP contribution is 2.36. The van der Waals surface area contributed by atoms with Gasteiger partial charge in [0.2, 0.25) is 0 Å². The number of pyridine rings is 1. The van der Waals surface area contributed by atoms with Gasteiger partial charge in [-0.15, -0.1) is 0 Å². The summed E-state index contributed by atoms with van der Waals surface area (Å²) in [5.74, 6) is 1.91. The molecule has 0 saturated heterocycles. The first-order valence-electron chi connectivity index (χ1n) is 6.41. The van der Waals surface area contributed by atoms with Crippen LogP contribution in [-0.4, -0.2) is 11.0 Å². The topological polar surface area (TPSA) is 24.9 Å². The number of nitrogens with one attached hydrogen (secondary N) is 1. The van der Waals surface area contributed by atoms with E-state index >= 15 is 0 Å². The van der Waals surface area contributed by atoms with Crippen LogP contribution in [0.1, 0.15) is 25.3 Å². The first kappa shape index (κ1) is 10.6. The van der Waals surface area contributed by atoms with E-state index in [0.717, 1.165) is 17.3 Å². The molecule has 0 amide bonds. The van der Waals surface area contributed by atoms with Gasteiger partial charge in [-0.05, 0) is 37.0 Å². The second kappa shape index (κ2) is 4.02. The Kier molecular flexibility index (Phi) is 2.50. The van der Waals surface area contributed by atoms with Gasteiger partial charge in [-0.2, -0.15) is 0 Å². The highest BCUT2D eigenvalue weighted by Gasteiger charge is 2.35. The van der Waals surface area contributed by atoms with Crippen LogP contribution in [0.4, 0.5) is 5.82 Å². The normalized spacial score (nSPS) is 22.7. The molecule has 1 aliphatic rings. The SMILES string of the molecule is CCC1CC1Nc1nc2ccccc2cc1C. The quantitative estimate of drug-likeness (QED) is 0.862. The Labute approximate surface area is 102 Å². The van der Waals surface area contributed by atoms with E-state index in [4.69, 9.17) is 4.98 Å². The molecule has 1 aromatic heterocycles. The highest BCUT2D eigenvalue weighted by molar-refractivity contribution is 5.81. The van der Waals surface area contributed by atoms with Gasteiger partial charge in [-0.25, -0.2) is 4.98 Å². The van der Waals surface area contributed by atoms with Gasteiger partial charge in [0.1, 0.15) is 5.82 Å². The number of benzene rings is 1. The van der Waals surface area contributed by atoms with E-state index in [9.17, 15) is 0 Å². The first-order chi connectivity index (χ1) is 8.28. The molecule has 3 rings (SSSR count). The van der Waals surface area contributed by atoms with E-state index in [1.54, 1.807) is 0 Å². The molecule has 1 fully saturated rings. The zero-order chi connectivity index (χ0) is 11.8. The van der Waals surface area contributed by atoms with Crippen LogP contribution in [0, 0.1) is 12.8 Å². The second-order valence-corrected chi connectivity index (χ2v) is 5.00. The molecule has 1 N–H and O–H groups in total. The molecule has 2 atom stereocenters. The zero-order valence-electron chi connectivity index (χ0n) is 10.4. The molecule has 1 heterocycles. The molecule has 1 aliphatic carbocycles. The third-order valence-corrected chi connectivity index (χ3v) is 3.68. The molecule has 0 radical (unpaired) electrons. The van der Waals surface area contributed by atoms with Crippen molar-refractivity contribution in [1.29, 1.82) is 0 Å². The molecule has 1 aromatic carbocycles. The maximum Gasteiger partial charge on any atom is 0.129 e. The molecule has 0 spiro atoms. The molecular weight excluding hydrogens is 208 g/mol. The molecule has 2 aromatic rings. The molecule has 17 heavy (non-hydrogen) atoms. The molecule has 2 unspecified atom stereocenters. The van der Waals surface area contributed by atoms with Crippen LogP contribution in [0.15, 0.2) is 30.3 Å². The smallest absolute Gasteiger partial charge is 0.129 e. The van der Waals surface area contributed by atoms with Crippen molar-refractivity contribution >= 4 is 16.7 Å². The van der Waals surface area contributed by atoms with Crippen LogP contribution in [0.2, 0.25) is 0 Å². The van der Waals surface area contributed by atoms with Gasteiger partial charge >= 0.3 is 0 Å². The van der Waals surface area contributed by atoms with Crippen LogP contribution in [0.5, 0.6) is 0 Å². The van der Waals surface area contributed by atoms with Gasteiger partial charge in [0.05, 0.1) is 5.52 Å². The van der Waals surface area contributed by atoms with Crippen molar-refractivity contribution in [2.24, 2.45) is 5.92 Å². The Morgan fingerprint density at radius 3 is 2.94 bits per heavy atom. The summed E-state index contributed by atoms with van der Waals surface area (Å²) in [6.07, 6.45) is 2.56. The number of aromatic nitrogens is 1. The fraction of sp³-hybridized carbons (Fsp3) is 0.400. The van der Waals surface area contributed by atoms with E-state index in [0.29, 0.717) is 6.04 Å². The van der Waals surface area contributed by atoms with Crippen LogP contribution < -0.4 is 5.32 Å². The van der Waals surface area contributed by atoms with Crippen LogP contribution in [0.3, 0.4) is 0 Å². The summed E-state index contributed by atoms with van der Waals surface area (Å²) < 4.78 is 0. The Hall–Kier alpha value is -1.57. The minimum atomic E-state index is 0.646. The number of nitrogens with zero attached hydrogens (tertiary/aromatic N) is 1. The van der Waals surface area contributed by atoms with Crippen LogP contribution >= 0.6 is 0 Å². The van der Waals surface area contributed by atoms with E-state index < -0.39 is 0 Å². The average molecular weight is 226 g/mol. The summed E-state index contributed by atoms with van der Waals surface area (Å²) in [6.45, 7) is 4.39. The summed E-state index contributed by atoms with van der Waals surface area (Å²) >= 11 is 0. The summed E-state index contributed by atoms with van der Waals surface area (Å²) in [4.78, 5) is 4.71. The molecule has 1 saturated carbocycles. The number of aryl methyl sites for hydroxylation is 1. The van der Waals surface area contributed by atoms with Crippen molar-refractivity contribution in [3.05, 3.63) is 35.9 Å². The molecular formula is C15H18N2. The van der Waals surface area contributed by atoms with E-state index in [1.807, 2.05) is 6.07 Å². The van der Waals surface area contributed by atoms with E-state index in [1.165, 1.54) is 23.8 Å². The van der Waals surface area contributed by atoms with Gasteiger partial charge in [0.15, 0.2) is 0 Å². The van der Waals surface area contributed by atoms with Crippen molar-refractivity contribution < 1.29 is 0 Å². The van der Waals surface area contributed by atoms with Crippen molar-refractivity contribution in [3.63, 3.8) is 0 Å². The van der Waals surface area contributed by atoms with Gasteiger partial charge in [-0.3, -0.25) is 0 Å². The molecule has 0 bridgehead atoms. The second-order valence-electron chi connectivity index (χ2n) is 5.00. The molecule has 2 nitrogen and oxygen atoms in total. The monoisotopic (exact) mass is 226 g/mol. The highest BCUT2D eigenvalue weighted by atomic mass is 15.1. The van der Waals surface area contributed by atoms with Crippen molar-refractivity contribution in [1.82, 2.24) is 4.98 Å². The van der Waals surface area contributed by atoms with Crippen molar-refractivity contribution in [2.45, 2.75) is 32.7 Å². The number of hydrogen-bond donors (Lipinski definition) is 1. The third kappa shape index (κ3) is 1.99. The Balaban J connectivity index is 1.91. The first-order valence-corrected chi connectivity index (χ1v) is 6.41. The van der Waals surface area contributed by atoms with Crippen LogP contribution in [0.25, 0.3) is 10.9 Å². The largest absolute Gasteiger partial charge is 0.367 e. The molecule has 0 aliphatic heterocycles. The minimum Gasteiger partial charge on any atom is -0.367 e. The van der Waals surface area contributed by atoms with Crippen molar-refractivity contribution in [3.8, 4) is 0 Å². The lowest BCUT2D eigenvalue weighted by atomic mass is 10.1. The maximum absolute atomic E-state index is 4.71. The standard InChI is InChI=1S/C15H18N2/c1-3-11-9-14(11)17-15-10(2)8-12-6-4-5-7-13(12)16-15/h4-8,11,14H,3,9H2,1-2H3,(H,16,17). The lowest BCUT2D eigenvalue weighted by Gasteiger charge is -2.09. The summed E-state index contributed by atoms with van der Waals surface area (Å²) in [6, 6.07) is 11.2. The van der Waals surface area contributed by atoms with E-state index in [2.05, 4.69) is 43.4 Å². The van der Waals surface area contributed by atoms with Crippen LogP contribution in [-0.2, 0) is 0 Å². The molecule has 88 valence electrons. The summed E-state index contributed by atoms with van der Waals surface area (Å²) in [5, 5.41) is 4.79. The number of fused-ring (bicyclic) bond motifs is 1. The Morgan fingerprint density at radius 2 is 2.18 bits per heavy atom.